The van der Waals surface area contributed by atoms with Gasteiger partial charge in [0.1, 0.15) is 12.3 Å². The number of phenols is 1. The lowest BCUT2D eigenvalue weighted by Gasteiger charge is -2.29. The number of hydrogen-bond acceptors (Lipinski definition) is 2. The summed E-state index contributed by atoms with van der Waals surface area (Å²) in [5.41, 5.74) is 4.38. The highest BCUT2D eigenvalue weighted by molar-refractivity contribution is 9.10. The normalized spacial score (nSPS) is 13.9. The van der Waals surface area contributed by atoms with Crippen molar-refractivity contribution in [1.29, 1.82) is 0 Å². The Morgan fingerprint density at radius 3 is 2.84 bits per heavy atom. The minimum absolute atomic E-state index is 0.102. The predicted octanol–water partition coefficient (Wildman–Crippen LogP) is 4.00. The van der Waals surface area contributed by atoms with Crippen LogP contribution in [0.1, 0.15) is 16.8 Å². The van der Waals surface area contributed by atoms with Gasteiger partial charge in [-0.15, -0.1) is 0 Å². The zero-order valence-electron chi connectivity index (χ0n) is 14.0. The summed E-state index contributed by atoms with van der Waals surface area (Å²) < 4.78 is 3.12. The highest BCUT2D eigenvalue weighted by Gasteiger charge is 2.22. The van der Waals surface area contributed by atoms with Crippen molar-refractivity contribution in [1.82, 2.24) is 9.47 Å². The van der Waals surface area contributed by atoms with Gasteiger partial charge in [0, 0.05) is 34.2 Å². The van der Waals surface area contributed by atoms with E-state index in [1.165, 1.54) is 5.56 Å². The third-order valence-electron chi connectivity index (χ3n) is 5.00. The van der Waals surface area contributed by atoms with Crippen LogP contribution in [0.15, 0.2) is 46.9 Å². The number of fused-ring (bicyclic) bond motifs is 2. The molecule has 0 spiro atoms. The van der Waals surface area contributed by atoms with Gasteiger partial charge in [-0.25, -0.2) is 0 Å². The molecule has 4 nitrogen and oxygen atoms in total. The first-order valence-electron chi connectivity index (χ1n) is 8.36. The average Bonchev–Trinajstić information content (AvgIpc) is 2.86. The smallest absolute Gasteiger partial charge is 0.242 e. The number of benzene rings is 2. The molecule has 128 valence electrons. The van der Waals surface area contributed by atoms with Crippen molar-refractivity contribution in [3.63, 3.8) is 0 Å². The van der Waals surface area contributed by atoms with Crippen LogP contribution in [0.25, 0.3) is 10.9 Å². The Kier molecular flexibility index (Phi) is 4.04. The van der Waals surface area contributed by atoms with Gasteiger partial charge in [0.2, 0.25) is 5.91 Å². The molecular weight excluding hydrogens is 380 g/mol. The Hall–Kier alpha value is -2.27. The summed E-state index contributed by atoms with van der Waals surface area (Å²) in [6, 6.07) is 13.5. The number of phenolic OH excluding ortho intramolecular Hbond substituents is 1. The van der Waals surface area contributed by atoms with Gasteiger partial charge < -0.3 is 14.6 Å². The van der Waals surface area contributed by atoms with Crippen LogP contribution in [0, 0.1) is 6.92 Å². The van der Waals surface area contributed by atoms with Gasteiger partial charge in [-0.1, -0.05) is 24.3 Å². The minimum Gasteiger partial charge on any atom is -0.508 e. The SMILES string of the molecule is Cc1c(Br)c2ccccc2n1CC(=O)N1CCc2ccc(O)cc2C1. The number of para-hydroxylation sites is 1. The first-order valence-corrected chi connectivity index (χ1v) is 9.16. The lowest BCUT2D eigenvalue weighted by atomic mass is 9.99. The van der Waals surface area contributed by atoms with Gasteiger partial charge >= 0.3 is 0 Å². The fraction of sp³-hybridized carbons (Fsp3) is 0.250. The summed E-state index contributed by atoms with van der Waals surface area (Å²) >= 11 is 3.64. The number of aromatic hydroxyl groups is 1. The van der Waals surface area contributed by atoms with E-state index in [1.54, 1.807) is 12.1 Å². The van der Waals surface area contributed by atoms with E-state index in [4.69, 9.17) is 0 Å². The standard InChI is InChI=1S/C20H19BrN2O2/c1-13-20(21)17-4-2-3-5-18(17)23(13)12-19(25)22-9-8-14-6-7-16(24)10-15(14)11-22/h2-7,10,24H,8-9,11-12H2,1H3. The van der Waals surface area contributed by atoms with Crippen LogP contribution in [0.5, 0.6) is 5.75 Å². The van der Waals surface area contributed by atoms with Crippen molar-refractivity contribution in [3.8, 4) is 5.75 Å². The van der Waals surface area contributed by atoms with E-state index in [0.29, 0.717) is 13.1 Å². The molecule has 0 saturated carbocycles. The molecular formula is C20H19BrN2O2. The van der Waals surface area contributed by atoms with Crippen molar-refractivity contribution >= 4 is 32.7 Å². The first-order chi connectivity index (χ1) is 12.0. The van der Waals surface area contributed by atoms with Gasteiger partial charge in [0.15, 0.2) is 0 Å². The van der Waals surface area contributed by atoms with E-state index < -0.39 is 0 Å². The number of hydrogen-bond donors (Lipinski definition) is 1. The zero-order chi connectivity index (χ0) is 17.6. The number of aromatic nitrogens is 1. The molecule has 1 N–H and O–H groups in total. The van der Waals surface area contributed by atoms with Crippen LogP contribution in [-0.4, -0.2) is 27.0 Å². The van der Waals surface area contributed by atoms with Crippen LogP contribution in [-0.2, 0) is 24.3 Å². The van der Waals surface area contributed by atoms with E-state index in [9.17, 15) is 9.90 Å². The lowest BCUT2D eigenvalue weighted by molar-refractivity contribution is -0.132. The molecule has 1 aliphatic heterocycles. The van der Waals surface area contributed by atoms with Crippen molar-refractivity contribution in [2.75, 3.05) is 6.54 Å². The van der Waals surface area contributed by atoms with Gasteiger partial charge in [-0.2, -0.15) is 0 Å². The molecule has 0 bridgehead atoms. The van der Waals surface area contributed by atoms with Crippen molar-refractivity contribution in [2.45, 2.75) is 26.4 Å². The van der Waals surface area contributed by atoms with Crippen LogP contribution >= 0.6 is 15.9 Å². The van der Waals surface area contributed by atoms with Gasteiger partial charge in [0.25, 0.3) is 0 Å². The summed E-state index contributed by atoms with van der Waals surface area (Å²) in [6.45, 7) is 3.63. The van der Waals surface area contributed by atoms with Crippen molar-refractivity contribution < 1.29 is 9.90 Å². The van der Waals surface area contributed by atoms with Crippen LogP contribution in [0.3, 0.4) is 0 Å². The van der Waals surface area contributed by atoms with Gasteiger partial charge in [-0.05, 0) is 58.6 Å². The highest BCUT2D eigenvalue weighted by Crippen LogP contribution is 2.31. The molecule has 1 aliphatic rings. The number of nitrogens with zero attached hydrogens (tertiary/aromatic N) is 2. The second kappa shape index (κ2) is 6.23. The largest absolute Gasteiger partial charge is 0.508 e. The van der Waals surface area contributed by atoms with Crippen LogP contribution in [0.2, 0.25) is 0 Å². The summed E-state index contributed by atoms with van der Waals surface area (Å²) in [4.78, 5) is 14.8. The van der Waals surface area contributed by atoms with Crippen LogP contribution in [0.4, 0.5) is 0 Å². The molecule has 0 fully saturated rings. The monoisotopic (exact) mass is 398 g/mol. The molecule has 1 amide bonds. The molecule has 4 rings (SSSR count). The Labute approximate surface area is 154 Å². The number of halogens is 1. The molecule has 2 heterocycles. The van der Waals surface area contributed by atoms with E-state index in [1.807, 2.05) is 36.1 Å². The second-order valence-corrected chi connectivity index (χ2v) is 7.31. The van der Waals surface area contributed by atoms with Gasteiger partial charge in [-0.3, -0.25) is 4.79 Å². The van der Waals surface area contributed by atoms with Gasteiger partial charge in [0.05, 0.1) is 0 Å². The molecule has 3 aromatic rings. The maximum atomic E-state index is 12.9. The summed E-state index contributed by atoms with van der Waals surface area (Å²) in [5, 5.41) is 10.8. The lowest BCUT2D eigenvalue weighted by Crippen LogP contribution is -2.38. The molecule has 25 heavy (non-hydrogen) atoms. The Bertz CT molecular complexity index is 977. The zero-order valence-corrected chi connectivity index (χ0v) is 15.6. The molecule has 2 aromatic carbocycles. The molecule has 0 atom stereocenters. The minimum atomic E-state index is 0.102. The summed E-state index contributed by atoms with van der Waals surface area (Å²) in [7, 11) is 0. The number of carbonyl (C=O) groups is 1. The number of carbonyl (C=O) groups excluding carboxylic acids is 1. The fourth-order valence-electron chi connectivity index (χ4n) is 3.58. The summed E-state index contributed by atoms with van der Waals surface area (Å²) in [5.74, 6) is 0.356. The quantitative estimate of drug-likeness (QED) is 0.708. The Morgan fingerprint density at radius 2 is 2.00 bits per heavy atom. The molecule has 0 aliphatic carbocycles. The third-order valence-corrected chi connectivity index (χ3v) is 6.00. The molecule has 0 unspecified atom stereocenters. The molecule has 0 saturated heterocycles. The number of amides is 1. The topological polar surface area (TPSA) is 45.5 Å². The van der Waals surface area contributed by atoms with E-state index in [-0.39, 0.29) is 11.7 Å². The Morgan fingerprint density at radius 1 is 1.20 bits per heavy atom. The fourth-order valence-corrected chi connectivity index (χ4v) is 4.13. The van der Waals surface area contributed by atoms with E-state index in [0.717, 1.165) is 39.6 Å². The highest BCUT2D eigenvalue weighted by atomic mass is 79.9. The average molecular weight is 399 g/mol. The van der Waals surface area contributed by atoms with E-state index in [2.05, 4.69) is 26.6 Å². The third kappa shape index (κ3) is 2.82. The van der Waals surface area contributed by atoms with E-state index >= 15 is 0 Å². The van der Waals surface area contributed by atoms with Crippen molar-refractivity contribution in [2.24, 2.45) is 0 Å². The first kappa shape index (κ1) is 16.2. The summed E-state index contributed by atoms with van der Waals surface area (Å²) in [6.07, 6.45) is 0.830. The van der Waals surface area contributed by atoms with Crippen molar-refractivity contribution in [3.05, 3.63) is 63.8 Å². The Balaban J connectivity index is 1.60. The molecule has 1 aromatic heterocycles. The predicted molar refractivity (Wildman–Crippen MR) is 102 cm³/mol. The van der Waals surface area contributed by atoms with Crippen LogP contribution < -0.4 is 0 Å². The maximum absolute atomic E-state index is 12.9. The number of rotatable bonds is 2. The molecule has 5 heteroatoms. The molecule has 0 radical (unpaired) electrons. The maximum Gasteiger partial charge on any atom is 0.242 e. The second-order valence-electron chi connectivity index (χ2n) is 6.52.